The predicted molar refractivity (Wildman–Crippen MR) is 94.9 cm³/mol. The minimum absolute atomic E-state index is 0.0575. The van der Waals surface area contributed by atoms with E-state index in [1.807, 2.05) is 30.3 Å². The summed E-state index contributed by atoms with van der Waals surface area (Å²) < 4.78 is 4.22. The quantitative estimate of drug-likeness (QED) is 0.435. The number of nitrogens with two attached hydrogens (primary N) is 1. The molecule has 2 heterocycles. The van der Waals surface area contributed by atoms with Crippen LogP contribution in [0.25, 0.3) is 16.0 Å². The fraction of sp³-hybridized carbons (Fsp3) is 0.143. The molecule has 3 rings (SSSR count). The summed E-state index contributed by atoms with van der Waals surface area (Å²) in [6, 6.07) is 9.49. The number of aromatic nitrogens is 3. The van der Waals surface area contributed by atoms with Gasteiger partial charge in [0.15, 0.2) is 14.8 Å². The molecule has 0 aliphatic rings. The molecule has 0 aliphatic heterocycles. The van der Waals surface area contributed by atoms with Crippen LogP contribution in [0.15, 0.2) is 40.3 Å². The van der Waals surface area contributed by atoms with Gasteiger partial charge in [-0.3, -0.25) is 18.7 Å². The van der Waals surface area contributed by atoms with Crippen molar-refractivity contribution in [2.75, 3.05) is 5.75 Å². The fourth-order valence-electron chi connectivity index (χ4n) is 2.08. The van der Waals surface area contributed by atoms with Gasteiger partial charge >= 0.3 is 0 Å². The van der Waals surface area contributed by atoms with Crippen molar-refractivity contribution in [2.45, 2.75) is 5.16 Å². The number of fused-ring (bicyclic) bond motifs is 1. The highest BCUT2D eigenvalue weighted by Crippen LogP contribution is 2.25. The summed E-state index contributed by atoms with van der Waals surface area (Å²) in [4.78, 5) is 28.1. The molecule has 2 aromatic heterocycles. The van der Waals surface area contributed by atoms with Crippen molar-refractivity contribution in [3.8, 4) is 5.69 Å². The van der Waals surface area contributed by atoms with E-state index in [0.29, 0.717) is 19.5 Å². The number of hydrogen-bond acceptors (Lipinski definition) is 6. The van der Waals surface area contributed by atoms with Gasteiger partial charge < -0.3 is 5.73 Å². The van der Waals surface area contributed by atoms with E-state index in [9.17, 15) is 9.59 Å². The molecular formula is C14H12N4O2S3. The van der Waals surface area contributed by atoms with Gasteiger partial charge in [0.1, 0.15) is 4.70 Å². The van der Waals surface area contributed by atoms with Crippen LogP contribution in [-0.2, 0) is 11.8 Å². The number of nitrogens with zero attached hydrogens (tertiary/aromatic N) is 3. The molecule has 6 nitrogen and oxygen atoms in total. The summed E-state index contributed by atoms with van der Waals surface area (Å²) in [5.41, 5.74) is 6.33. The number of carbonyl (C=O) groups is 1. The Morgan fingerprint density at radius 3 is 2.74 bits per heavy atom. The van der Waals surface area contributed by atoms with E-state index in [-0.39, 0.29) is 11.3 Å². The van der Waals surface area contributed by atoms with Gasteiger partial charge in [-0.05, 0) is 24.4 Å². The van der Waals surface area contributed by atoms with Gasteiger partial charge in [0, 0.05) is 12.7 Å². The zero-order valence-electron chi connectivity index (χ0n) is 12.1. The van der Waals surface area contributed by atoms with E-state index < -0.39 is 5.91 Å². The molecule has 23 heavy (non-hydrogen) atoms. The summed E-state index contributed by atoms with van der Waals surface area (Å²) in [5.74, 6) is -0.406. The molecular weight excluding hydrogens is 352 g/mol. The van der Waals surface area contributed by atoms with Crippen molar-refractivity contribution in [3.05, 3.63) is 44.6 Å². The Morgan fingerprint density at radius 2 is 2.09 bits per heavy atom. The van der Waals surface area contributed by atoms with Crippen LogP contribution in [0.2, 0.25) is 0 Å². The second-order valence-electron chi connectivity index (χ2n) is 4.71. The van der Waals surface area contributed by atoms with Crippen molar-refractivity contribution in [1.29, 1.82) is 0 Å². The number of thioether (sulfide) groups is 1. The van der Waals surface area contributed by atoms with Crippen LogP contribution in [0, 0.1) is 3.95 Å². The molecule has 1 amide bonds. The molecule has 0 fully saturated rings. The lowest BCUT2D eigenvalue weighted by Gasteiger charge is -2.08. The van der Waals surface area contributed by atoms with E-state index in [0.717, 1.165) is 17.4 Å². The molecule has 0 unspecified atom stereocenters. The maximum atomic E-state index is 12.5. The summed E-state index contributed by atoms with van der Waals surface area (Å²) >= 11 is 7.76. The minimum Gasteiger partial charge on any atom is -0.369 e. The number of primary amides is 1. The van der Waals surface area contributed by atoms with Crippen LogP contribution in [0.4, 0.5) is 0 Å². The number of hydrogen-bond donors (Lipinski definition) is 1. The molecule has 3 aromatic rings. The van der Waals surface area contributed by atoms with Crippen LogP contribution >= 0.6 is 35.3 Å². The first-order valence-electron chi connectivity index (χ1n) is 6.58. The van der Waals surface area contributed by atoms with Crippen LogP contribution in [-0.4, -0.2) is 25.8 Å². The fourth-order valence-corrected chi connectivity index (χ4v) is 4.13. The van der Waals surface area contributed by atoms with E-state index in [1.54, 1.807) is 11.6 Å². The van der Waals surface area contributed by atoms with Gasteiger partial charge in [0.05, 0.1) is 5.75 Å². The van der Waals surface area contributed by atoms with Gasteiger partial charge in [-0.15, -0.1) is 0 Å². The third-order valence-electron chi connectivity index (χ3n) is 3.13. The number of rotatable bonds is 4. The molecule has 118 valence electrons. The number of benzene rings is 1. The van der Waals surface area contributed by atoms with Crippen molar-refractivity contribution in [3.63, 3.8) is 0 Å². The number of para-hydroxylation sites is 1. The van der Waals surface area contributed by atoms with Crippen LogP contribution in [0.3, 0.4) is 0 Å². The first-order chi connectivity index (χ1) is 11.0. The molecule has 0 saturated carbocycles. The standard InChI is InChI=1S/C14H12N4O2S3/c1-17-12(20)10-11(16-13(17)22-7-9(15)19)18(14(21)23-10)8-5-3-2-4-6-8/h2-6H,7H2,1H3,(H2,15,19). The Kier molecular flexibility index (Phi) is 4.33. The van der Waals surface area contributed by atoms with Crippen molar-refractivity contribution in [1.82, 2.24) is 14.1 Å². The van der Waals surface area contributed by atoms with Crippen molar-refractivity contribution < 1.29 is 4.79 Å². The Hall–Kier alpha value is -1.97. The number of thiazole rings is 1. The maximum absolute atomic E-state index is 12.5. The molecule has 0 spiro atoms. The normalized spacial score (nSPS) is 11.0. The molecule has 0 radical (unpaired) electrons. The van der Waals surface area contributed by atoms with Crippen LogP contribution in [0.5, 0.6) is 0 Å². The Balaban J connectivity index is 2.27. The highest BCUT2D eigenvalue weighted by atomic mass is 32.2. The molecule has 0 aliphatic carbocycles. The molecule has 0 atom stereocenters. The SMILES string of the molecule is Cn1c(SCC(N)=O)nc2c(sc(=S)n2-c2ccccc2)c1=O. The second kappa shape index (κ2) is 6.26. The Bertz CT molecular complexity index is 1000. The van der Waals surface area contributed by atoms with Crippen LogP contribution < -0.4 is 11.3 Å². The second-order valence-corrected chi connectivity index (χ2v) is 7.29. The van der Waals surface area contributed by atoms with E-state index in [2.05, 4.69) is 4.98 Å². The molecule has 1 aromatic carbocycles. The average molecular weight is 364 g/mol. The third-order valence-corrected chi connectivity index (χ3v) is 5.54. The van der Waals surface area contributed by atoms with E-state index in [1.165, 1.54) is 15.9 Å². The van der Waals surface area contributed by atoms with E-state index >= 15 is 0 Å². The highest BCUT2D eigenvalue weighted by molar-refractivity contribution is 7.99. The van der Waals surface area contributed by atoms with E-state index in [4.69, 9.17) is 18.0 Å². The molecule has 2 N–H and O–H groups in total. The molecule has 0 saturated heterocycles. The lowest BCUT2D eigenvalue weighted by atomic mass is 10.3. The smallest absolute Gasteiger partial charge is 0.273 e. The molecule has 9 heteroatoms. The van der Waals surface area contributed by atoms with Gasteiger partial charge in [-0.2, -0.15) is 0 Å². The van der Waals surface area contributed by atoms with Crippen LogP contribution in [0.1, 0.15) is 0 Å². The van der Waals surface area contributed by atoms with Gasteiger partial charge in [-0.1, -0.05) is 41.3 Å². The van der Waals surface area contributed by atoms with Crippen molar-refractivity contribution in [2.24, 2.45) is 12.8 Å². The predicted octanol–water partition coefficient (Wildman–Crippen LogP) is 2.09. The largest absolute Gasteiger partial charge is 0.369 e. The average Bonchev–Trinajstić information content (AvgIpc) is 2.86. The zero-order valence-corrected chi connectivity index (χ0v) is 14.5. The minimum atomic E-state index is -0.463. The monoisotopic (exact) mass is 364 g/mol. The first-order valence-corrected chi connectivity index (χ1v) is 8.79. The number of carbonyl (C=O) groups excluding carboxylic acids is 1. The van der Waals surface area contributed by atoms with Gasteiger partial charge in [-0.25, -0.2) is 4.98 Å². The van der Waals surface area contributed by atoms with Gasteiger partial charge in [0.2, 0.25) is 5.91 Å². The summed E-state index contributed by atoms with van der Waals surface area (Å²) in [6.45, 7) is 0. The lowest BCUT2D eigenvalue weighted by molar-refractivity contribution is -0.115. The summed E-state index contributed by atoms with van der Waals surface area (Å²) in [5, 5.41) is 0.429. The third kappa shape index (κ3) is 2.94. The number of amides is 1. The summed E-state index contributed by atoms with van der Waals surface area (Å²) in [6.07, 6.45) is 0. The zero-order chi connectivity index (χ0) is 16.6. The lowest BCUT2D eigenvalue weighted by Crippen LogP contribution is -2.21. The van der Waals surface area contributed by atoms with Crippen molar-refractivity contribution >= 4 is 51.6 Å². The first kappa shape index (κ1) is 15.9. The highest BCUT2D eigenvalue weighted by Gasteiger charge is 2.16. The molecule has 0 bridgehead atoms. The summed E-state index contributed by atoms with van der Waals surface area (Å²) in [7, 11) is 1.62. The van der Waals surface area contributed by atoms with Gasteiger partial charge in [0.25, 0.3) is 5.56 Å². The Morgan fingerprint density at radius 1 is 1.39 bits per heavy atom. The maximum Gasteiger partial charge on any atom is 0.273 e. The Labute approximate surface area is 144 Å². The topological polar surface area (TPSA) is 82.9 Å².